The molecule has 1 fully saturated rings. The van der Waals surface area contributed by atoms with Crippen LogP contribution in [0.2, 0.25) is 0 Å². The molecule has 0 aromatic heterocycles. The summed E-state index contributed by atoms with van der Waals surface area (Å²) in [6.07, 6.45) is 0.749. The number of nitrogens with two attached hydrogens (primary N) is 2. The van der Waals surface area contributed by atoms with Gasteiger partial charge < -0.3 is 16.4 Å². The molecule has 1 saturated heterocycles. The molecule has 0 bridgehead atoms. The van der Waals surface area contributed by atoms with Gasteiger partial charge in [-0.25, -0.2) is 0 Å². The predicted molar refractivity (Wildman–Crippen MR) is 68.6 cm³/mol. The molecule has 18 heavy (non-hydrogen) atoms. The first kappa shape index (κ1) is 12.4. The zero-order valence-electron chi connectivity index (χ0n) is 10.1. The molecule has 4 N–H and O–H groups in total. The Morgan fingerprint density at radius 1 is 1.56 bits per heavy atom. The molecule has 0 aliphatic carbocycles. The monoisotopic (exact) mass is 244 g/mol. The maximum absolute atomic E-state index is 11.1. The molecule has 94 valence electrons. The fourth-order valence-electron chi connectivity index (χ4n) is 2.29. The minimum atomic E-state index is -0.269. The van der Waals surface area contributed by atoms with Gasteiger partial charge in [0.25, 0.3) is 0 Å². The van der Waals surface area contributed by atoms with Gasteiger partial charge in [-0.3, -0.25) is 4.79 Å². The summed E-state index contributed by atoms with van der Waals surface area (Å²) in [7, 11) is 0. The summed E-state index contributed by atoms with van der Waals surface area (Å²) in [6, 6.07) is 7.78. The minimum absolute atomic E-state index is 0.120. The van der Waals surface area contributed by atoms with E-state index in [9.17, 15) is 4.79 Å². The van der Waals surface area contributed by atoms with Gasteiger partial charge in [-0.05, 0) is 24.1 Å². The number of hydrogen-bond donors (Lipinski definition) is 2. The molecule has 1 aliphatic heterocycles. The van der Waals surface area contributed by atoms with Crippen LogP contribution in [0.15, 0.2) is 18.2 Å². The molecule has 1 aromatic carbocycles. The lowest BCUT2D eigenvalue weighted by Gasteiger charge is -2.20. The predicted octanol–water partition coefficient (Wildman–Crippen LogP) is 0.329. The lowest BCUT2D eigenvalue weighted by molar-refractivity contribution is -0.121. The quantitative estimate of drug-likeness (QED) is 0.800. The molecule has 1 amide bonds. The van der Waals surface area contributed by atoms with Crippen molar-refractivity contribution in [3.8, 4) is 6.07 Å². The van der Waals surface area contributed by atoms with Crippen molar-refractivity contribution in [1.82, 2.24) is 0 Å². The van der Waals surface area contributed by atoms with Gasteiger partial charge in [0.2, 0.25) is 5.91 Å². The van der Waals surface area contributed by atoms with E-state index in [1.165, 1.54) is 0 Å². The van der Waals surface area contributed by atoms with Crippen LogP contribution in [0.1, 0.15) is 17.5 Å². The van der Waals surface area contributed by atoms with E-state index in [2.05, 4.69) is 6.07 Å². The number of benzene rings is 1. The maximum atomic E-state index is 11.1. The van der Waals surface area contributed by atoms with Crippen LogP contribution in [0.25, 0.3) is 0 Å². The number of primary amides is 1. The molecule has 5 nitrogen and oxygen atoms in total. The molecule has 0 spiro atoms. The summed E-state index contributed by atoms with van der Waals surface area (Å²) in [5.41, 5.74) is 13.3. The maximum Gasteiger partial charge on any atom is 0.222 e. The third-order valence-corrected chi connectivity index (χ3v) is 3.35. The van der Waals surface area contributed by atoms with Crippen LogP contribution in [-0.2, 0) is 11.3 Å². The normalized spacial score (nSPS) is 18.7. The van der Waals surface area contributed by atoms with Crippen molar-refractivity contribution in [2.45, 2.75) is 13.0 Å². The number of rotatable bonds is 3. The van der Waals surface area contributed by atoms with Gasteiger partial charge in [0.1, 0.15) is 6.07 Å². The van der Waals surface area contributed by atoms with Crippen molar-refractivity contribution in [2.24, 2.45) is 17.4 Å². The first-order valence-corrected chi connectivity index (χ1v) is 5.93. The van der Waals surface area contributed by atoms with Crippen LogP contribution < -0.4 is 16.4 Å². The van der Waals surface area contributed by atoms with Gasteiger partial charge in [-0.15, -0.1) is 0 Å². The highest BCUT2D eigenvalue weighted by atomic mass is 16.1. The second-order valence-electron chi connectivity index (χ2n) is 4.50. The first-order valence-electron chi connectivity index (χ1n) is 5.93. The smallest absolute Gasteiger partial charge is 0.222 e. The second kappa shape index (κ2) is 5.07. The van der Waals surface area contributed by atoms with E-state index >= 15 is 0 Å². The Kier molecular flexibility index (Phi) is 3.49. The molecular weight excluding hydrogens is 228 g/mol. The Balaban J connectivity index is 2.24. The zero-order valence-corrected chi connectivity index (χ0v) is 10.1. The number of carbonyl (C=O) groups is 1. The summed E-state index contributed by atoms with van der Waals surface area (Å²) in [4.78, 5) is 13.2. The van der Waals surface area contributed by atoms with Crippen LogP contribution in [0, 0.1) is 17.2 Å². The summed E-state index contributed by atoms with van der Waals surface area (Å²) >= 11 is 0. The highest BCUT2D eigenvalue weighted by Gasteiger charge is 2.27. The molecule has 1 unspecified atom stereocenters. The Morgan fingerprint density at radius 2 is 2.33 bits per heavy atom. The fraction of sp³-hybridized carbons (Fsp3) is 0.385. The molecule has 1 aliphatic rings. The van der Waals surface area contributed by atoms with Crippen LogP contribution in [0.5, 0.6) is 0 Å². The zero-order chi connectivity index (χ0) is 13.1. The van der Waals surface area contributed by atoms with E-state index in [0.717, 1.165) is 24.2 Å². The molecule has 0 saturated carbocycles. The van der Waals surface area contributed by atoms with E-state index in [-0.39, 0.29) is 11.8 Å². The van der Waals surface area contributed by atoms with Crippen LogP contribution >= 0.6 is 0 Å². The van der Waals surface area contributed by atoms with Crippen molar-refractivity contribution in [2.75, 3.05) is 18.0 Å². The molecule has 2 rings (SSSR count). The number of nitriles is 1. The van der Waals surface area contributed by atoms with Gasteiger partial charge in [0, 0.05) is 19.6 Å². The average molecular weight is 244 g/mol. The van der Waals surface area contributed by atoms with Crippen LogP contribution in [-0.4, -0.2) is 19.0 Å². The Bertz CT molecular complexity index is 506. The van der Waals surface area contributed by atoms with E-state index in [1.807, 2.05) is 17.0 Å². The number of amides is 1. The molecule has 1 atom stereocenters. The Labute approximate surface area is 106 Å². The van der Waals surface area contributed by atoms with E-state index in [4.69, 9.17) is 16.7 Å². The summed E-state index contributed by atoms with van der Waals surface area (Å²) in [5, 5.41) is 9.16. The summed E-state index contributed by atoms with van der Waals surface area (Å²) in [6.45, 7) is 1.76. The van der Waals surface area contributed by atoms with Gasteiger partial charge in [0.15, 0.2) is 0 Å². The van der Waals surface area contributed by atoms with Crippen molar-refractivity contribution in [1.29, 1.82) is 5.26 Å². The van der Waals surface area contributed by atoms with E-state index in [0.29, 0.717) is 18.7 Å². The SMILES string of the molecule is N#Cc1cc(CN)ccc1N1CCC(C(N)=O)C1. The molecule has 0 radical (unpaired) electrons. The summed E-state index contributed by atoms with van der Waals surface area (Å²) < 4.78 is 0. The van der Waals surface area contributed by atoms with Crippen LogP contribution in [0.4, 0.5) is 5.69 Å². The largest absolute Gasteiger partial charge is 0.370 e. The van der Waals surface area contributed by atoms with E-state index < -0.39 is 0 Å². The average Bonchev–Trinajstić information content (AvgIpc) is 2.87. The summed E-state index contributed by atoms with van der Waals surface area (Å²) in [5.74, 6) is -0.389. The highest BCUT2D eigenvalue weighted by molar-refractivity contribution is 5.78. The molecule has 1 aromatic rings. The van der Waals surface area contributed by atoms with Crippen molar-refractivity contribution >= 4 is 11.6 Å². The fourth-order valence-corrected chi connectivity index (χ4v) is 2.29. The lowest BCUT2D eigenvalue weighted by atomic mass is 10.1. The Morgan fingerprint density at radius 3 is 2.89 bits per heavy atom. The number of anilines is 1. The standard InChI is InChI=1S/C13H16N4O/c14-6-9-1-2-12(11(5-9)7-15)17-4-3-10(8-17)13(16)18/h1-2,5,10H,3-4,6,8,14H2,(H2,16,18). The third-order valence-electron chi connectivity index (χ3n) is 3.35. The van der Waals surface area contributed by atoms with E-state index in [1.54, 1.807) is 6.07 Å². The van der Waals surface area contributed by atoms with Gasteiger partial charge >= 0.3 is 0 Å². The van der Waals surface area contributed by atoms with Gasteiger partial charge in [-0.2, -0.15) is 5.26 Å². The van der Waals surface area contributed by atoms with Gasteiger partial charge in [0.05, 0.1) is 17.2 Å². The first-order chi connectivity index (χ1) is 8.65. The van der Waals surface area contributed by atoms with Crippen molar-refractivity contribution < 1.29 is 4.79 Å². The third kappa shape index (κ3) is 2.29. The topological polar surface area (TPSA) is 96.1 Å². The number of nitrogens with zero attached hydrogens (tertiary/aromatic N) is 2. The second-order valence-corrected chi connectivity index (χ2v) is 4.50. The number of carbonyl (C=O) groups excluding carboxylic acids is 1. The molecule has 1 heterocycles. The van der Waals surface area contributed by atoms with Crippen molar-refractivity contribution in [3.63, 3.8) is 0 Å². The van der Waals surface area contributed by atoms with Gasteiger partial charge in [-0.1, -0.05) is 6.07 Å². The van der Waals surface area contributed by atoms with Crippen molar-refractivity contribution in [3.05, 3.63) is 29.3 Å². The van der Waals surface area contributed by atoms with Crippen LogP contribution in [0.3, 0.4) is 0 Å². The number of hydrogen-bond acceptors (Lipinski definition) is 4. The Hall–Kier alpha value is -2.06. The highest BCUT2D eigenvalue weighted by Crippen LogP contribution is 2.27. The molecule has 5 heteroatoms. The minimum Gasteiger partial charge on any atom is -0.370 e. The molecular formula is C13H16N4O. The lowest BCUT2D eigenvalue weighted by Crippen LogP contribution is -2.27.